The summed E-state index contributed by atoms with van der Waals surface area (Å²) in [6, 6.07) is 9.62. The lowest BCUT2D eigenvalue weighted by molar-refractivity contribution is 0.104. The van der Waals surface area contributed by atoms with Crippen molar-refractivity contribution >= 4 is 44.7 Å². The van der Waals surface area contributed by atoms with Crippen LogP contribution in [0.15, 0.2) is 52.8 Å². The third-order valence-electron chi connectivity index (χ3n) is 3.09. The number of carbonyl (C=O) groups is 1. The van der Waals surface area contributed by atoms with Crippen LogP contribution >= 0.6 is 38.9 Å². The van der Waals surface area contributed by atoms with Gasteiger partial charge in [0, 0.05) is 17.4 Å². The molecule has 6 heteroatoms. The predicted octanol–water partition coefficient (Wildman–Crippen LogP) is 4.78. The summed E-state index contributed by atoms with van der Waals surface area (Å²) >= 11 is 11.0. The van der Waals surface area contributed by atoms with Crippen molar-refractivity contribution in [2.45, 2.75) is 6.42 Å². The summed E-state index contributed by atoms with van der Waals surface area (Å²) < 4.78 is 0.952. The van der Waals surface area contributed by atoms with E-state index < -0.39 is 0 Å². The Balaban J connectivity index is 1.86. The van der Waals surface area contributed by atoms with Crippen molar-refractivity contribution in [3.05, 3.63) is 79.4 Å². The van der Waals surface area contributed by atoms with Gasteiger partial charge in [0.2, 0.25) is 5.78 Å². The van der Waals surface area contributed by atoms with Gasteiger partial charge in [0.15, 0.2) is 0 Å². The second-order valence-corrected chi connectivity index (χ2v) is 7.48. The third kappa shape index (κ3) is 3.43. The molecule has 0 spiro atoms. The van der Waals surface area contributed by atoms with E-state index in [1.165, 1.54) is 30.1 Å². The summed E-state index contributed by atoms with van der Waals surface area (Å²) in [4.78, 5) is 20.8. The van der Waals surface area contributed by atoms with Gasteiger partial charge in [0.05, 0.1) is 14.2 Å². The fourth-order valence-corrected chi connectivity index (χ4v) is 3.92. The van der Waals surface area contributed by atoms with Crippen molar-refractivity contribution in [3.8, 4) is 0 Å². The van der Waals surface area contributed by atoms with Crippen LogP contribution in [0, 0.1) is 0 Å². The highest BCUT2D eigenvalue weighted by atomic mass is 79.9. The number of rotatable bonds is 4. The van der Waals surface area contributed by atoms with Crippen LogP contribution in [0.2, 0.25) is 5.02 Å². The fraction of sp³-hybridized carbons (Fsp3) is 0.0625. The fourth-order valence-electron chi connectivity index (χ4n) is 2.06. The second kappa shape index (κ2) is 6.69. The number of nitrogens with zero attached hydrogens (tertiary/aromatic N) is 2. The SMILES string of the molecule is O=C(c1cncnc1)c1cc(Cc2cccc(Cl)c2)c(Br)s1. The van der Waals surface area contributed by atoms with E-state index in [0.717, 1.165) is 21.3 Å². The standard InChI is InChI=1S/C16H10BrClN2OS/c17-16-11(4-10-2-1-3-13(18)5-10)6-14(22-16)15(21)12-7-19-9-20-8-12/h1-3,5-9H,4H2. The number of ketones is 1. The van der Waals surface area contributed by atoms with Gasteiger partial charge in [-0.3, -0.25) is 4.79 Å². The Morgan fingerprint density at radius 3 is 2.73 bits per heavy atom. The molecule has 22 heavy (non-hydrogen) atoms. The minimum absolute atomic E-state index is 0.0661. The first-order valence-corrected chi connectivity index (χ1v) is 8.44. The highest BCUT2D eigenvalue weighted by molar-refractivity contribution is 9.11. The molecule has 0 aliphatic carbocycles. The Morgan fingerprint density at radius 1 is 1.23 bits per heavy atom. The maximum Gasteiger partial charge on any atom is 0.206 e. The molecule has 0 aliphatic rings. The van der Waals surface area contributed by atoms with Gasteiger partial charge < -0.3 is 0 Å². The van der Waals surface area contributed by atoms with Crippen LogP contribution in [0.3, 0.4) is 0 Å². The number of thiophene rings is 1. The minimum atomic E-state index is -0.0661. The molecule has 110 valence electrons. The molecule has 3 rings (SSSR count). The van der Waals surface area contributed by atoms with Gasteiger partial charge in [-0.25, -0.2) is 9.97 Å². The minimum Gasteiger partial charge on any atom is -0.288 e. The van der Waals surface area contributed by atoms with Crippen LogP contribution in [0.4, 0.5) is 0 Å². The number of aromatic nitrogens is 2. The molecule has 0 fully saturated rings. The van der Waals surface area contributed by atoms with Crippen LogP contribution in [0.25, 0.3) is 0 Å². The van der Waals surface area contributed by atoms with Crippen molar-refractivity contribution in [3.63, 3.8) is 0 Å². The molecule has 1 aromatic carbocycles. The maximum absolute atomic E-state index is 12.4. The van der Waals surface area contributed by atoms with E-state index in [9.17, 15) is 4.79 Å². The van der Waals surface area contributed by atoms with Crippen LogP contribution in [-0.2, 0) is 6.42 Å². The highest BCUT2D eigenvalue weighted by Gasteiger charge is 2.16. The zero-order valence-electron chi connectivity index (χ0n) is 11.3. The van der Waals surface area contributed by atoms with Crippen molar-refractivity contribution in [1.82, 2.24) is 9.97 Å². The van der Waals surface area contributed by atoms with Crippen LogP contribution < -0.4 is 0 Å². The average Bonchev–Trinajstić information content (AvgIpc) is 2.88. The van der Waals surface area contributed by atoms with Gasteiger partial charge in [0.1, 0.15) is 6.33 Å². The molecule has 3 aromatic rings. The quantitative estimate of drug-likeness (QED) is 0.599. The molecule has 0 amide bonds. The van der Waals surface area contributed by atoms with Crippen LogP contribution in [-0.4, -0.2) is 15.8 Å². The van der Waals surface area contributed by atoms with Gasteiger partial charge in [-0.15, -0.1) is 11.3 Å². The molecule has 0 bridgehead atoms. The van der Waals surface area contributed by atoms with Gasteiger partial charge in [-0.2, -0.15) is 0 Å². The molecule has 3 nitrogen and oxygen atoms in total. The largest absolute Gasteiger partial charge is 0.288 e. The summed E-state index contributed by atoms with van der Waals surface area (Å²) in [5.41, 5.74) is 2.66. The molecule has 0 saturated heterocycles. The third-order valence-corrected chi connectivity index (χ3v) is 5.28. The summed E-state index contributed by atoms with van der Waals surface area (Å²) in [6.07, 6.45) is 5.18. The molecular formula is C16H10BrClN2OS. The van der Waals surface area contributed by atoms with Gasteiger partial charge >= 0.3 is 0 Å². The topological polar surface area (TPSA) is 42.9 Å². The van der Waals surface area contributed by atoms with Gasteiger partial charge in [-0.05, 0) is 51.7 Å². The molecule has 0 saturated carbocycles. The molecule has 0 aliphatic heterocycles. The number of carbonyl (C=O) groups excluding carboxylic acids is 1. The number of benzene rings is 1. The lowest BCUT2D eigenvalue weighted by atomic mass is 10.1. The summed E-state index contributed by atoms with van der Waals surface area (Å²) in [7, 11) is 0. The molecule has 0 atom stereocenters. The number of hydrogen-bond acceptors (Lipinski definition) is 4. The van der Waals surface area contributed by atoms with Crippen molar-refractivity contribution < 1.29 is 4.79 Å². The van der Waals surface area contributed by atoms with E-state index in [1.807, 2.05) is 30.3 Å². The zero-order valence-corrected chi connectivity index (χ0v) is 14.5. The van der Waals surface area contributed by atoms with Crippen molar-refractivity contribution in [2.24, 2.45) is 0 Å². The smallest absolute Gasteiger partial charge is 0.206 e. The van der Waals surface area contributed by atoms with E-state index in [-0.39, 0.29) is 5.78 Å². The Kier molecular flexibility index (Phi) is 4.66. The summed E-state index contributed by atoms with van der Waals surface area (Å²) in [5.74, 6) is -0.0661. The lowest BCUT2D eigenvalue weighted by Gasteiger charge is -2.00. The van der Waals surface area contributed by atoms with Gasteiger partial charge in [0.25, 0.3) is 0 Å². The van der Waals surface area contributed by atoms with E-state index in [0.29, 0.717) is 15.5 Å². The predicted molar refractivity (Wildman–Crippen MR) is 91.7 cm³/mol. The molecular weight excluding hydrogens is 384 g/mol. The molecule has 2 aromatic heterocycles. The van der Waals surface area contributed by atoms with E-state index in [2.05, 4.69) is 25.9 Å². The normalized spacial score (nSPS) is 10.6. The monoisotopic (exact) mass is 392 g/mol. The van der Waals surface area contributed by atoms with Crippen LogP contribution in [0.1, 0.15) is 26.4 Å². The molecule has 0 radical (unpaired) electrons. The van der Waals surface area contributed by atoms with E-state index in [1.54, 1.807) is 0 Å². The highest BCUT2D eigenvalue weighted by Crippen LogP contribution is 2.31. The maximum atomic E-state index is 12.4. The molecule has 2 heterocycles. The summed E-state index contributed by atoms with van der Waals surface area (Å²) in [5, 5.41) is 0.710. The first-order valence-electron chi connectivity index (χ1n) is 6.46. The molecule has 0 N–H and O–H groups in total. The van der Waals surface area contributed by atoms with Crippen molar-refractivity contribution in [2.75, 3.05) is 0 Å². The number of hydrogen-bond donors (Lipinski definition) is 0. The van der Waals surface area contributed by atoms with Crippen LogP contribution in [0.5, 0.6) is 0 Å². The second-order valence-electron chi connectivity index (χ2n) is 4.67. The Labute approximate surface area is 145 Å². The first-order chi connectivity index (χ1) is 10.6. The Hall–Kier alpha value is -1.56. The first kappa shape index (κ1) is 15.3. The number of halogens is 2. The van der Waals surface area contributed by atoms with E-state index in [4.69, 9.17) is 11.6 Å². The average molecular weight is 394 g/mol. The summed E-state index contributed by atoms with van der Waals surface area (Å²) in [6.45, 7) is 0. The lowest BCUT2D eigenvalue weighted by Crippen LogP contribution is -1.99. The van der Waals surface area contributed by atoms with Gasteiger partial charge in [-0.1, -0.05) is 23.7 Å². The Bertz CT molecular complexity index is 820. The van der Waals surface area contributed by atoms with Crippen molar-refractivity contribution in [1.29, 1.82) is 0 Å². The molecule has 0 unspecified atom stereocenters. The Morgan fingerprint density at radius 2 is 2.00 bits per heavy atom. The van der Waals surface area contributed by atoms with E-state index >= 15 is 0 Å². The zero-order chi connectivity index (χ0) is 15.5.